The van der Waals surface area contributed by atoms with Gasteiger partial charge in [-0.1, -0.05) is 91.2 Å². The molecule has 306 valence electrons. The van der Waals surface area contributed by atoms with E-state index in [1.165, 1.54) is 50.3 Å². The van der Waals surface area contributed by atoms with E-state index in [1.807, 2.05) is 6.92 Å². The Kier molecular flexibility index (Phi) is 24.9. The highest BCUT2D eigenvalue weighted by Gasteiger charge is 2.43. The normalized spacial score (nSPS) is 18.7. The molecule has 0 aromatic heterocycles. The number of rotatable bonds is 28. The molecule has 0 spiro atoms. The summed E-state index contributed by atoms with van der Waals surface area (Å²) in [6.45, 7) is 10.2. The number of aliphatic hydroxyl groups excluding tert-OH is 3. The van der Waals surface area contributed by atoms with Crippen LogP contribution < -0.4 is 21.3 Å². The highest BCUT2D eigenvalue weighted by atomic mass is 16.3. The molecule has 5 amide bonds. The van der Waals surface area contributed by atoms with Crippen LogP contribution in [0, 0.1) is 11.8 Å². The summed E-state index contributed by atoms with van der Waals surface area (Å²) in [4.78, 5) is 67.6. The molecular weight excluding hydrogens is 678 g/mol. The molecular formula is C40H73N5O8. The Labute approximate surface area is 318 Å². The topological polar surface area (TPSA) is 197 Å². The van der Waals surface area contributed by atoms with Crippen LogP contribution in [-0.2, 0) is 24.0 Å². The molecule has 1 aliphatic rings. The molecule has 0 unspecified atom stereocenters. The van der Waals surface area contributed by atoms with Gasteiger partial charge in [0.25, 0.3) is 0 Å². The highest BCUT2D eigenvalue weighted by Crippen LogP contribution is 2.25. The van der Waals surface area contributed by atoms with E-state index in [2.05, 4.69) is 40.3 Å². The predicted octanol–water partition coefficient (Wildman–Crippen LogP) is 3.63. The second-order valence-electron chi connectivity index (χ2n) is 15.4. The van der Waals surface area contributed by atoms with Gasteiger partial charge in [-0.25, -0.2) is 0 Å². The summed E-state index contributed by atoms with van der Waals surface area (Å²) >= 11 is 0. The van der Waals surface area contributed by atoms with Crippen molar-refractivity contribution in [2.45, 2.75) is 181 Å². The molecule has 0 bridgehead atoms. The Bertz CT molecular complexity index is 1120. The van der Waals surface area contributed by atoms with Crippen molar-refractivity contribution in [3.63, 3.8) is 0 Å². The molecule has 0 saturated carbocycles. The minimum absolute atomic E-state index is 0.0478. The fraction of sp³-hybridized carbons (Fsp3) is 0.825. The van der Waals surface area contributed by atoms with Crippen LogP contribution in [0.2, 0.25) is 0 Å². The van der Waals surface area contributed by atoms with Crippen molar-refractivity contribution in [3.05, 3.63) is 12.2 Å². The van der Waals surface area contributed by atoms with Gasteiger partial charge in [-0.15, -0.1) is 0 Å². The number of allylic oxidation sites excluding steroid dienone is 2. The first-order valence-electron chi connectivity index (χ1n) is 20.3. The SMILES string of the molecule is CCCCCCCCC=CCCCCCCCC(=O)N[C@H](C(=O)N1C[C@H](C)C[C@H]1C(=O)N[C@H](C(=O)N[C@@H](CCO)C(=O)N[C@@H](C)CO)C(C)C)[C@@H](C)O. The standard InChI is InChI=1S/C40H73N5O8/c1-7-8-9-10-11-12-13-14-15-16-17-18-19-20-21-22-34(49)43-36(31(6)48)40(53)45-26-29(4)25-33(45)38(51)44-35(28(2)3)39(52)42-32(23-24-46)37(50)41-30(5)27-47/h14-15,28-33,35-36,46-48H,7-13,16-27H2,1-6H3,(H,41,50)(H,42,52)(H,43,49)(H,44,51)/t29-,30+,31-,32+,33+,35+,36+/m1/s1. The molecule has 0 aromatic carbocycles. The molecule has 1 saturated heterocycles. The summed E-state index contributed by atoms with van der Waals surface area (Å²) < 4.78 is 0. The van der Waals surface area contributed by atoms with Crippen molar-refractivity contribution in [2.75, 3.05) is 19.8 Å². The molecule has 53 heavy (non-hydrogen) atoms. The first-order chi connectivity index (χ1) is 25.3. The summed E-state index contributed by atoms with van der Waals surface area (Å²) in [6, 6.07) is -4.87. The van der Waals surface area contributed by atoms with Gasteiger partial charge in [0.05, 0.1) is 12.7 Å². The van der Waals surface area contributed by atoms with Crippen molar-refractivity contribution >= 4 is 29.5 Å². The second-order valence-corrected chi connectivity index (χ2v) is 15.4. The first-order valence-corrected chi connectivity index (χ1v) is 20.3. The van der Waals surface area contributed by atoms with Crippen molar-refractivity contribution in [3.8, 4) is 0 Å². The average Bonchev–Trinajstić information content (AvgIpc) is 3.51. The van der Waals surface area contributed by atoms with Crippen LogP contribution in [0.4, 0.5) is 0 Å². The lowest BCUT2D eigenvalue weighted by molar-refractivity contribution is -0.144. The summed E-state index contributed by atoms with van der Waals surface area (Å²) in [5, 5.41) is 39.9. The van der Waals surface area contributed by atoms with Crippen LogP contribution >= 0.6 is 0 Å². The molecule has 0 radical (unpaired) electrons. The maximum atomic E-state index is 13.8. The van der Waals surface area contributed by atoms with Crippen LogP contribution in [0.15, 0.2) is 12.2 Å². The van der Waals surface area contributed by atoms with Gasteiger partial charge in [-0.3, -0.25) is 24.0 Å². The Balaban J connectivity index is 2.67. The van der Waals surface area contributed by atoms with E-state index in [1.54, 1.807) is 20.8 Å². The fourth-order valence-electron chi connectivity index (χ4n) is 6.54. The van der Waals surface area contributed by atoms with Crippen molar-refractivity contribution in [2.24, 2.45) is 11.8 Å². The van der Waals surface area contributed by atoms with E-state index in [0.29, 0.717) is 12.8 Å². The monoisotopic (exact) mass is 752 g/mol. The maximum Gasteiger partial charge on any atom is 0.248 e. The molecule has 13 heteroatoms. The molecule has 1 rings (SSSR count). The molecule has 0 aliphatic carbocycles. The molecule has 1 heterocycles. The van der Waals surface area contributed by atoms with Crippen LogP contribution in [-0.4, -0.2) is 106 Å². The lowest BCUT2D eigenvalue weighted by Crippen LogP contribution is -2.60. The second kappa shape index (κ2) is 27.5. The van der Waals surface area contributed by atoms with Gasteiger partial charge in [-0.05, 0) is 70.6 Å². The van der Waals surface area contributed by atoms with Gasteiger partial charge >= 0.3 is 0 Å². The molecule has 0 aromatic rings. The number of nitrogens with zero attached hydrogens (tertiary/aromatic N) is 1. The largest absolute Gasteiger partial charge is 0.396 e. The van der Waals surface area contributed by atoms with Gasteiger partial charge in [-0.2, -0.15) is 0 Å². The third-order valence-electron chi connectivity index (χ3n) is 9.79. The smallest absolute Gasteiger partial charge is 0.248 e. The lowest BCUT2D eigenvalue weighted by Gasteiger charge is -2.31. The molecule has 1 fully saturated rings. The Morgan fingerprint density at radius 3 is 1.89 bits per heavy atom. The van der Waals surface area contributed by atoms with E-state index < -0.39 is 65.9 Å². The minimum Gasteiger partial charge on any atom is -0.396 e. The number of carbonyl (C=O) groups excluding carboxylic acids is 5. The molecule has 7 N–H and O–H groups in total. The average molecular weight is 752 g/mol. The van der Waals surface area contributed by atoms with Crippen LogP contribution in [0.1, 0.15) is 144 Å². The Morgan fingerprint density at radius 2 is 1.34 bits per heavy atom. The molecule has 1 aliphatic heterocycles. The maximum absolute atomic E-state index is 13.8. The van der Waals surface area contributed by atoms with Crippen LogP contribution in [0.5, 0.6) is 0 Å². The predicted molar refractivity (Wildman–Crippen MR) is 207 cm³/mol. The van der Waals surface area contributed by atoms with Gasteiger partial charge in [0.1, 0.15) is 24.2 Å². The first kappa shape index (κ1) is 48.0. The number of hydrogen-bond acceptors (Lipinski definition) is 8. The Morgan fingerprint density at radius 1 is 0.755 bits per heavy atom. The zero-order valence-electron chi connectivity index (χ0n) is 33.5. The van der Waals surface area contributed by atoms with Crippen LogP contribution in [0.3, 0.4) is 0 Å². The van der Waals surface area contributed by atoms with Gasteiger partial charge < -0.3 is 41.5 Å². The van der Waals surface area contributed by atoms with Gasteiger partial charge in [0, 0.05) is 25.6 Å². The summed E-state index contributed by atoms with van der Waals surface area (Å²) in [6.07, 6.45) is 18.8. The van der Waals surface area contributed by atoms with Crippen LogP contribution in [0.25, 0.3) is 0 Å². The van der Waals surface area contributed by atoms with Gasteiger partial charge in [0.2, 0.25) is 29.5 Å². The van der Waals surface area contributed by atoms with E-state index in [-0.39, 0.29) is 44.4 Å². The zero-order valence-corrected chi connectivity index (χ0v) is 33.5. The van der Waals surface area contributed by atoms with E-state index in [9.17, 15) is 39.3 Å². The van der Waals surface area contributed by atoms with Gasteiger partial charge in [0.15, 0.2) is 0 Å². The molecule has 7 atom stereocenters. The van der Waals surface area contributed by atoms with Crippen molar-refractivity contribution in [1.82, 2.24) is 26.2 Å². The fourth-order valence-corrected chi connectivity index (χ4v) is 6.54. The van der Waals surface area contributed by atoms with Crippen molar-refractivity contribution in [1.29, 1.82) is 0 Å². The number of hydrogen-bond donors (Lipinski definition) is 7. The highest BCUT2D eigenvalue weighted by molar-refractivity contribution is 5.96. The summed E-state index contributed by atoms with van der Waals surface area (Å²) in [5.41, 5.74) is 0. The van der Waals surface area contributed by atoms with E-state index in [4.69, 9.17) is 0 Å². The zero-order chi connectivity index (χ0) is 39.8. The third kappa shape index (κ3) is 19.2. The quantitative estimate of drug-likeness (QED) is 0.0465. The minimum atomic E-state index is -1.23. The number of carbonyl (C=O) groups is 5. The summed E-state index contributed by atoms with van der Waals surface area (Å²) in [5.74, 6) is -3.10. The number of amides is 5. The van der Waals surface area contributed by atoms with E-state index in [0.717, 1.165) is 38.5 Å². The number of likely N-dealkylation sites (tertiary alicyclic amines) is 1. The number of unbranched alkanes of at least 4 members (excludes halogenated alkanes) is 11. The number of nitrogens with one attached hydrogen (secondary N) is 4. The van der Waals surface area contributed by atoms with E-state index >= 15 is 0 Å². The van der Waals surface area contributed by atoms with Crippen molar-refractivity contribution < 1.29 is 39.3 Å². The number of aliphatic hydroxyl groups is 3. The molecule has 13 nitrogen and oxygen atoms in total. The Hall–Kier alpha value is -3.03. The third-order valence-corrected chi connectivity index (χ3v) is 9.79. The summed E-state index contributed by atoms with van der Waals surface area (Å²) in [7, 11) is 0. The lowest BCUT2D eigenvalue weighted by atomic mass is 10.0.